The van der Waals surface area contributed by atoms with Crippen molar-refractivity contribution in [3.05, 3.63) is 12.2 Å². The second-order valence-corrected chi connectivity index (χ2v) is 9.97. The number of carbonyl (C=O) groups excluding carboxylic acids is 1. The first kappa shape index (κ1) is 19.6. The molecule has 1 aliphatic heterocycles. The maximum atomic E-state index is 12.2. The Hall–Kier alpha value is -0.750. The highest BCUT2D eigenvalue weighted by Crippen LogP contribution is 2.65. The SMILES string of the molecule is COCO[C@@H]1C[C@@H]2C=CC(=O)C[C@H]2[C@]2(C)CC[C@H]3OC(C)(C)OC[C@@]3(C)[C@@H]12. The van der Waals surface area contributed by atoms with Crippen molar-refractivity contribution in [3.63, 3.8) is 0 Å². The topological polar surface area (TPSA) is 54.0 Å². The predicted molar refractivity (Wildman–Crippen MR) is 101 cm³/mol. The summed E-state index contributed by atoms with van der Waals surface area (Å²) in [7, 11) is 1.67. The van der Waals surface area contributed by atoms with Crippen LogP contribution in [0.15, 0.2) is 12.2 Å². The van der Waals surface area contributed by atoms with Gasteiger partial charge in [-0.2, -0.15) is 0 Å². The molecule has 1 heterocycles. The second kappa shape index (κ2) is 6.65. The molecule has 1 saturated heterocycles. The van der Waals surface area contributed by atoms with Crippen molar-refractivity contribution in [1.29, 1.82) is 0 Å². The molecule has 0 unspecified atom stereocenters. The normalized spacial score (nSPS) is 48.5. The van der Waals surface area contributed by atoms with Gasteiger partial charge in [0, 0.05) is 24.9 Å². The molecule has 0 aromatic rings. The summed E-state index contributed by atoms with van der Waals surface area (Å²) in [6.07, 6.45) is 7.79. The van der Waals surface area contributed by atoms with E-state index < -0.39 is 5.79 Å². The number of ether oxygens (including phenoxy) is 4. The summed E-state index contributed by atoms with van der Waals surface area (Å²) in [5.41, 5.74) is -0.0999. The zero-order chi connectivity index (χ0) is 19.4. The van der Waals surface area contributed by atoms with Crippen molar-refractivity contribution >= 4 is 5.78 Å². The molecule has 3 fully saturated rings. The molecule has 0 radical (unpaired) electrons. The van der Waals surface area contributed by atoms with Crippen LogP contribution in [0.2, 0.25) is 0 Å². The fourth-order valence-corrected chi connectivity index (χ4v) is 6.72. The first-order chi connectivity index (χ1) is 12.7. The largest absolute Gasteiger partial charge is 0.359 e. The molecule has 0 amide bonds. The Bertz CT molecular complexity index is 628. The highest BCUT2D eigenvalue weighted by molar-refractivity contribution is 5.90. The van der Waals surface area contributed by atoms with E-state index in [0.717, 1.165) is 19.3 Å². The third kappa shape index (κ3) is 3.11. The fourth-order valence-electron chi connectivity index (χ4n) is 6.72. The molecular weight excluding hydrogens is 344 g/mol. The van der Waals surface area contributed by atoms with E-state index in [1.807, 2.05) is 13.8 Å². The highest BCUT2D eigenvalue weighted by atomic mass is 16.7. The summed E-state index contributed by atoms with van der Waals surface area (Å²) in [5, 5.41) is 0. The van der Waals surface area contributed by atoms with Gasteiger partial charge in [-0.25, -0.2) is 0 Å². The molecule has 7 atom stereocenters. The minimum absolute atomic E-state index is 0.0290. The van der Waals surface area contributed by atoms with Crippen LogP contribution >= 0.6 is 0 Å². The fraction of sp³-hybridized carbons (Fsp3) is 0.864. The van der Waals surface area contributed by atoms with Crippen LogP contribution in [0.25, 0.3) is 0 Å². The van der Waals surface area contributed by atoms with E-state index in [2.05, 4.69) is 19.9 Å². The minimum Gasteiger partial charge on any atom is -0.359 e. The van der Waals surface area contributed by atoms with Crippen LogP contribution in [-0.2, 0) is 23.7 Å². The minimum atomic E-state index is -0.540. The number of hydrogen-bond donors (Lipinski definition) is 0. The van der Waals surface area contributed by atoms with Crippen molar-refractivity contribution < 1.29 is 23.7 Å². The van der Waals surface area contributed by atoms with E-state index in [4.69, 9.17) is 18.9 Å². The van der Waals surface area contributed by atoms with Crippen molar-refractivity contribution in [2.75, 3.05) is 20.5 Å². The first-order valence-corrected chi connectivity index (χ1v) is 10.3. The highest BCUT2D eigenvalue weighted by Gasteiger charge is 2.65. The van der Waals surface area contributed by atoms with Gasteiger partial charge in [0.2, 0.25) is 0 Å². The molecule has 2 saturated carbocycles. The number of carbonyl (C=O) groups is 1. The average molecular weight is 379 g/mol. The molecule has 152 valence electrons. The van der Waals surface area contributed by atoms with Gasteiger partial charge in [0.15, 0.2) is 11.6 Å². The van der Waals surface area contributed by atoms with Crippen molar-refractivity contribution in [3.8, 4) is 0 Å². The van der Waals surface area contributed by atoms with Gasteiger partial charge < -0.3 is 18.9 Å². The van der Waals surface area contributed by atoms with Gasteiger partial charge in [-0.15, -0.1) is 0 Å². The van der Waals surface area contributed by atoms with Gasteiger partial charge in [0.1, 0.15) is 6.79 Å². The Labute approximate surface area is 162 Å². The van der Waals surface area contributed by atoms with Crippen molar-refractivity contribution in [1.82, 2.24) is 0 Å². The summed E-state index contributed by atoms with van der Waals surface area (Å²) in [6.45, 7) is 9.65. The van der Waals surface area contributed by atoms with Crippen LogP contribution < -0.4 is 0 Å². The third-order valence-corrected chi connectivity index (χ3v) is 7.85. The number of rotatable bonds is 3. The number of fused-ring (bicyclic) bond motifs is 5. The van der Waals surface area contributed by atoms with Crippen molar-refractivity contribution in [2.24, 2.45) is 28.6 Å². The van der Waals surface area contributed by atoms with Crippen LogP contribution in [0.3, 0.4) is 0 Å². The Kier molecular flexibility index (Phi) is 4.82. The van der Waals surface area contributed by atoms with Gasteiger partial charge in [0.05, 0.1) is 18.8 Å². The third-order valence-electron chi connectivity index (χ3n) is 7.85. The standard InChI is InChI=1S/C22H34O5/c1-20(2)26-12-22(4)18(27-20)8-9-21(3)16-11-15(23)7-6-14(16)10-17(19(21)22)25-13-24-5/h6-7,14,16-19H,8-13H2,1-5H3/t14-,16+,17+,18+,19-,21-,22+/m0/s1. The van der Waals surface area contributed by atoms with E-state index >= 15 is 0 Å². The molecular formula is C22H34O5. The Morgan fingerprint density at radius 3 is 2.74 bits per heavy atom. The summed E-state index contributed by atoms with van der Waals surface area (Å²) < 4.78 is 24.1. The van der Waals surface area contributed by atoms with E-state index in [1.165, 1.54) is 0 Å². The summed E-state index contributed by atoms with van der Waals surface area (Å²) in [5.74, 6) is 0.761. The molecule has 0 aromatic heterocycles. The van der Waals surface area contributed by atoms with Gasteiger partial charge >= 0.3 is 0 Å². The summed E-state index contributed by atoms with van der Waals surface area (Å²) >= 11 is 0. The zero-order valence-corrected chi connectivity index (χ0v) is 17.3. The van der Waals surface area contributed by atoms with Crippen LogP contribution in [0.5, 0.6) is 0 Å². The molecule has 3 aliphatic carbocycles. The lowest BCUT2D eigenvalue weighted by atomic mass is 9.43. The monoisotopic (exact) mass is 378 g/mol. The summed E-state index contributed by atoms with van der Waals surface area (Å²) in [6, 6.07) is 0. The molecule has 0 N–H and O–H groups in total. The lowest BCUT2D eigenvalue weighted by Crippen LogP contribution is -2.67. The van der Waals surface area contributed by atoms with Gasteiger partial charge in [-0.05, 0) is 56.4 Å². The van der Waals surface area contributed by atoms with E-state index in [1.54, 1.807) is 13.2 Å². The Balaban J connectivity index is 1.72. The molecule has 4 rings (SSSR count). The maximum absolute atomic E-state index is 12.2. The zero-order valence-electron chi connectivity index (χ0n) is 17.3. The number of allylic oxidation sites excluding steroid dienone is 2. The average Bonchev–Trinajstić information content (AvgIpc) is 2.61. The smallest absolute Gasteiger partial charge is 0.163 e. The lowest BCUT2D eigenvalue weighted by Gasteiger charge is -2.66. The molecule has 4 aliphatic rings. The van der Waals surface area contributed by atoms with E-state index in [9.17, 15) is 4.79 Å². The Morgan fingerprint density at radius 1 is 1.22 bits per heavy atom. The predicted octanol–water partition coefficient (Wildman–Crippen LogP) is 3.71. The lowest BCUT2D eigenvalue weighted by molar-refractivity contribution is -0.357. The number of hydrogen-bond acceptors (Lipinski definition) is 5. The Morgan fingerprint density at radius 2 is 2.00 bits per heavy atom. The van der Waals surface area contributed by atoms with E-state index in [-0.39, 0.29) is 34.7 Å². The molecule has 0 aromatic carbocycles. The molecule has 0 spiro atoms. The van der Waals surface area contributed by atoms with Crippen LogP contribution in [-0.4, -0.2) is 44.3 Å². The molecule has 27 heavy (non-hydrogen) atoms. The quantitative estimate of drug-likeness (QED) is 0.701. The van der Waals surface area contributed by atoms with E-state index in [0.29, 0.717) is 31.7 Å². The molecule has 0 bridgehead atoms. The summed E-state index contributed by atoms with van der Waals surface area (Å²) in [4.78, 5) is 12.2. The molecule has 5 heteroatoms. The van der Waals surface area contributed by atoms with Gasteiger partial charge in [-0.3, -0.25) is 4.79 Å². The van der Waals surface area contributed by atoms with Gasteiger partial charge in [-0.1, -0.05) is 19.9 Å². The van der Waals surface area contributed by atoms with Crippen LogP contribution in [0.1, 0.15) is 53.4 Å². The van der Waals surface area contributed by atoms with Crippen molar-refractivity contribution in [2.45, 2.75) is 71.4 Å². The maximum Gasteiger partial charge on any atom is 0.163 e. The van der Waals surface area contributed by atoms with Crippen LogP contribution in [0, 0.1) is 28.6 Å². The second-order valence-electron chi connectivity index (χ2n) is 9.97. The van der Waals surface area contributed by atoms with Crippen LogP contribution in [0.4, 0.5) is 0 Å². The first-order valence-electron chi connectivity index (χ1n) is 10.3. The molecule has 5 nitrogen and oxygen atoms in total. The van der Waals surface area contributed by atoms with Gasteiger partial charge in [0.25, 0.3) is 0 Å². The number of methoxy groups -OCH3 is 1. The number of ketones is 1.